The largest absolute Gasteiger partial charge is 0.507 e. The quantitative estimate of drug-likeness (QED) is 0.181. The van der Waals surface area contributed by atoms with Crippen molar-refractivity contribution in [2.24, 2.45) is 0 Å². The number of pyridine rings is 1. The Morgan fingerprint density at radius 3 is 1.83 bits per heavy atom. The van der Waals surface area contributed by atoms with Crippen molar-refractivity contribution in [2.45, 2.75) is 111 Å². The van der Waals surface area contributed by atoms with Crippen LogP contribution in [0.5, 0.6) is 5.75 Å². The Hall–Kier alpha value is -6.26. The van der Waals surface area contributed by atoms with Gasteiger partial charge in [-0.15, -0.1) is 0 Å². The third-order valence-corrected chi connectivity index (χ3v) is 12.0. The number of hydrogen-bond acceptors (Lipinski definition) is 3. The zero-order valence-electron chi connectivity index (χ0n) is 47.1. The minimum atomic E-state index is -3.04. The summed E-state index contributed by atoms with van der Waals surface area (Å²) in [4.78, 5) is 10.4. The first-order chi connectivity index (χ1) is 33.3. The fourth-order valence-corrected chi connectivity index (χ4v) is 8.31. The number of para-hydroxylation sites is 1. The van der Waals surface area contributed by atoms with Gasteiger partial charge in [0.15, 0.2) is 0 Å². The minimum Gasteiger partial charge on any atom is -0.507 e. The van der Waals surface area contributed by atoms with Crippen LogP contribution in [0.3, 0.4) is 0 Å². The fraction of sp³-hybridized carbons (Fsp3) is 0.288. The van der Waals surface area contributed by atoms with E-state index >= 15 is 0 Å². The molecule has 4 nitrogen and oxygen atoms in total. The highest BCUT2D eigenvalue weighted by molar-refractivity contribution is 5.97. The molecular formula is C59H63N3O. The number of imidazole rings is 1. The van der Waals surface area contributed by atoms with Crippen molar-refractivity contribution in [3.8, 4) is 67.5 Å². The first-order valence-corrected chi connectivity index (χ1v) is 21.6. The molecule has 0 aliphatic rings. The van der Waals surface area contributed by atoms with Crippen molar-refractivity contribution in [3.63, 3.8) is 0 Å². The molecule has 4 heteroatoms. The standard InChI is InChI=1S/C59H63N3O/c1-37-22-24-39(25-23-37)41-28-29-60-50(34-41)43-30-42(31-44(32-43)56(2,3)4)46-20-17-21-52-53(46)61-55(47-35-45(57(5,6)7)36-49(54(47)63)59(11,12)13)62(52)51-27-26-40(33-48(51)58(8,9)10)38-18-15-14-16-19-38/h14-36,63H,1-13H3/i1D3,11D3,12D3. The lowest BCUT2D eigenvalue weighted by atomic mass is 9.78. The molecule has 6 aromatic carbocycles. The summed E-state index contributed by atoms with van der Waals surface area (Å²) in [6, 6.07) is 43.0. The van der Waals surface area contributed by atoms with Gasteiger partial charge in [-0.2, -0.15) is 0 Å². The second kappa shape index (κ2) is 15.8. The summed E-state index contributed by atoms with van der Waals surface area (Å²) in [7, 11) is 0. The molecule has 0 atom stereocenters. The highest BCUT2D eigenvalue weighted by Gasteiger charge is 2.30. The zero-order chi connectivity index (χ0) is 52.7. The van der Waals surface area contributed by atoms with Crippen molar-refractivity contribution in [1.29, 1.82) is 0 Å². The van der Waals surface area contributed by atoms with E-state index in [1.54, 1.807) is 24.4 Å². The fourth-order valence-electron chi connectivity index (χ4n) is 8.31. The third-order valence-electron chi connectivity index (χ3n) is 12.0. The van der Waals surface area contributed by atoms with Crippen LogP contribution >= 0.6 is 0 Å². The SMILES string of the molecule is [2H]C([2H])([2H])c1ccc(-c2ccnc(-c3cc(-c4cccc5c4nc(-c4cc(C(C)(C)C)cc(C(C)(C([2H])([2H])[2H])C([2H])([2H])[2H])c4O)n5-c4ccc(-c5ccccc5)cc4C(C)(C)C)cc(C(C)(C)C)c3)c2)cc1. The number of rotatable bonds is 6. The number of nitrogens with zero attached hydrogens (tertiary/aromatic N) is 3. The lowest BCUT2D eigenvalue weighted by molar-refractivity contribution is 0.446. The van der Waals surface area contributed by atoms with Crippen molar-refractivity contribution >= 4 is 11.0 Å². The number of aryl methyl sites for hydroxylation is 1. The zero-order valence-corrected chi connectivity index (χ0v) is 38.1. The van der Waals surface area contributed by atoms with Crippen LogP contribution in [-0.2, 0) is 21.7 Å². The average molecular weight is 839 g/mol. The molecule has 8 aromatic rings. The molecule has 8 rings (SSSR count). The van der Waals surface area contributed by atoms with Crippen LogP contribution < -0.4 is 0 Å². The first-order valence-electron chi connectivity index (χ1n) is 26.1. The van der Waals surface area contributed by atoms with Crippen LogP contribution in [0.2, 0.25) is 0 Å². The van der Waals surface area contributed by atoms with Crippen molar-refractivity contribution < 1.29 is 17.4 Å². The molecule has 2 aromatic heterocycles. The maximum atomic E-state index is 12.8. The van der Waals surface area contributed by atoms with Crippen LogP contribution in [0.4, 0.5) is 0 Å². The highest BCUT2D eigenvalue weighted by Crippen LogP contribution is 2.46. The molecule has 63 heavy (non-hydrogen) atoms. The van der Waals surface area contributed by atoms with E-state index in [-0.39, 0.29) is 22.1 Å². The smallest absolute Gasteiger partial charge is 0.149 e. The van der Waals surface area contributed by atoms with Crippen molar-refractivity contribution in [1.82, 2.24) is 14.5 Å². The van der Waals surface area contributed by atoms with E-state index in [1.165, 1.54) is 6.92 Å². The van der Waals surface area contributed by atoms with Crippen LogP contribution in [0, 0.1) is 6.85 Å². The second-order valence-electron chi connectivity index (χ2n) is 20.1. The van der Waals surface area contributed by atoms with Crippen LogP contribution in [0.1, 0.15) is 123 Å². The van der Waals surface area contributed by atoms with Gasteiger partial charge in [0.05, 0.1) is 28.0 Å². The number of fused-ring (bicyclic) bond motifs is 1. The topological polar surface area (TPSA) is 50.9 Å². The molecule has 0 fully saturated rings. The third kappa shape index (κ3) is 8.61. The summed E-state index contributed by atoms with van der Waals surface area (Å²) in [5.74, 6) is -0.158. The second-order valence-corrected chi connectivity index (χ2v) is 20.1. The lowest BCUT2D eigenvalue weighted by Gasteiger charge is -2.28. The summed E-state index contributed by atoms with van der Waals surface area (Å²) >= 11 is 0. The molecular weight excluding hydrogens is 767 g/mol. The number of benzene rings is 6. The number of hydrogen-bond donors (Lipinski definition) is 1. The predicted octanol–water partition coefficient (Wildman–Crippen LogP) is 16.0. The molecule has 320 valence electrons. The van der Waals surface area contributed by atoms with Gasteiger partial charge >= 0.3 is 0 Å². The van der Waals surface area contributed by atoms with Gasteiger partial charge in [-0.1, -0.05) is 173 Å². The van der Waals surface area contributed by atoms with Gasteiger partial charge in [-0.25, -0.2) is 4.98 Å². The van der Waals surface area contributed by atoms with E-state index in [0.717, 1.165) is 61.5 Å². The highest BCUT2D eigenvalue weighted by atomic mass is 16.3. The normalized spacial score (nSPS) is 15.3. The van der Waals surface area contributed by atoms with E-state index in [1.807, 2.05) is 92.1 Å². The average Bonchev–Trinajstić information content (AvgIpc) is 3.69. The lowest BCUT2D eigenvalue weighted by Crippen LogP contribution is -2.18. The molecule has 0 bridgehead atoms. The summed E-state index contributed by atoms with van der Waals surface area (Å²) in [5.41, 5.74) is 8.20. The van der Waals surface area contributed by atoms with E-state index in [0.29, 0.717) is 22.4 Å². The van der Waals surface area contributed by atoms with E-state index in [2.05, 4.69) is 90.1 Å². The Kier molecular flexibility index (Phi) is 8.37. The summed E-state index contributed by atoms with van der Waals surface area (Å²) in [5, 5.41) is 12.8. The molecule has 2 heterocycles. The summed E-state index contributed by atoms with van der Waals surface area (Å²) in [6.45, 7) is 11.7. The first kappa shape index (κ1) is 33.3. The molecule has 1 N–H and O–H groups in total. The van der Waals surface area contributed by atoms with Crippen LogP contribution in [-0.4, -0.2) is 19.6 Å². The maximum Gasteiger partial charge on any atom is 0.149 e. The van der Waals surface area contributed by atoms with Gasteiger partial charge in [0.1, 0.15) is 11.6 Å². The van der Waals surface area contributed by atoms with Gasteiger partial charge < -0.3 is 5.11 Å². The Balaban J connectivity index is 1.46. The Labute approximate surface area is 388 Å². The van der Waals surface area contributed by atoms with Gasteiger partial charge in [-0.05, 0) is 122 Å². The molecule has 0 aliphatic heterocycles. The molecule has 0 unspecified atom stereocenters. The van der Waals surface area contributed by atoms with Gasteiger partial charge in [0, 0.05) is 35.2 Å². The van der Waals surface area contributed by atoms with Gasteiger partial charge in [-0.3, -0.25) is 9.55 Å². The number of aromatic hydroxyl groups is 1. The van der Waals surface area contributed by atoms with Crippen LogP contribution in [0.25, 0.3) is 72.7 Å². The van der Waals surface area contributed by atoms with E-state index in [4.69, 9.17) is 22.3 Å². The van der Waals surface area contributed by atoms with Crippen molar-refractivity contribution in [2.75, 3.05) is 0 Å². The van der Waals surface area contributed by atoms with Gasteiger partial charge in [0.2, 0.25) is 0 Å². The summed E-state index contributed by atoms with van der Waals surface area (Å²) in [6.07, 6.45) is 1.76. The molecule has 0 spiro atoms. The predicted molar refractivity (Wildman–Crippen MR) is 267 cm³/mol. The molecule has 0 saturated carbocycles. The number of aromatic nitrogens is 3. The Morgan fingerprint density at radius 1 is 0.508 bits per heavy atom. The molecule has 0 amide bonds. The number of phenols is 1. The van der Waals surface area contributed by atoms with Crippen molar-refractivity contribution in [3.05, 3.63) is 167 Å². The Bertz CT molecular complexity index is 3310. The van der Waals surface area contributed by atoms with E-state index in [9.17, 15) is 5.11 Å². The molecule has 0 saturated heterocycles. The molecule has 0 radical (unpaired) electrons. The van der Waals surface area contributed by atoms with E-state index < -0.39 is 42.6 Å². The minimum absolute atomic E-state index is 0.198. The maximum absolute atomic E-state index is 12.8. The van der Waals surface area contributed by atoms with Crippen LogP contribution in [0.15, 0.2) is 140 Å². The number of phenolic OH excluding ortho intramolecular Hbond substituents is 1. The Morgan fingerprint density at radius 2 is 1.16 bits per heavy atom. The molecule has 0 aliphatic carbocycles. The van der Waals surface area contributed by atoms with Gasteiger partial charge in [0.25, 0.3) is 0 Å². The monoisotopic (exact) mass is 839 g/mol. The summed E-state index contributed by atoms with van der Waals surface area (Å²) < 4.78 is 77.8.